The van der Waals surface area contributed by atoms with E-state index in [4.69, 9.17) is 0 Å². The smallest absolute Gasteiger partial charge is 0.230 e. The lowest BCUT2D eigenvalue weighted by Crippen LogP contribution is -2.50. The SMILES string of the molecule is CCC(C(=O)N1CCN(c2nnc(SCC(=O)NC(C)C)s2)CC1)c1ccccc1. The number of benzene rings is 1. The maximum Gasteiger partial charge on any atom is 0.230 e. The molecule has 1 aliphatic heterocycles. The zero-order valence-electron chi connectivity index (χ0n) is 17.7. The summed E-state index contributed by atoms with van der Waals surface area (Å²) < 4.78 is 0.789. The van der Waals surface area contributed by atoms with Gasteiger partial charge in [-0.15, -0.1) is 10.2 Å². The summed E-state index contributed by atoms with van der Waals surface area (Å²) in [4.78, 5) is 29.0. The standard InChI is InChI=1S/C21H29N5O2S2/c1-4-17(16-8-6-5-7-9-16)19(28)25-10-12-26(13-11-25)20-23-24-21(30-20)29-14-18(27)22-15(2)3/h5-9,15,17H,4,10-14H2,1-3H3,(H,22,27). The summed E-state index contributed by atoms with van der Waals surface area (Å²) in [5, 5.41) is 12.2. The van der Waals surface area contributed by atoms with E-state index in [0.717, 1.165) is 34.5 Å². The van der Waals surface area contributed by atoms with Gasteiger partial charge in [0.15, 0.2) is 4.34 Å². The summed E-state index contributed by atoms with van der Waals surface area (Å²) >= 11 is 2.91. The highest BCUT2D eigenvalue weighted by atomic mass is 32.2. The first kappa shape index (κ1) is 22.6. The minimum atomic E-state index is -0.0840. The van der Waals surface area contributed by atoms with Gasteiger partial charge in [0.05, 0.1) is 11.7 Å². The van der Waals surface area contributed by atoms with Crippen molar-refractivity contribution in [3.63, 3.8) is 0 Å². The number of anilines is 1. The Morgan fingerprint density at radius 1 is 1.13 bits per heavy atom. The van der Waals surface area contributed by atoms with Crippen LogP contribution in [0.4, 0.5) is 5.13 Å². The van der Waals surface area contributed by atoms with E-state index in [0.29, 0.717) is 18.8 Å². The zero-order chi connectivity index (χ0) is 21.5. The van der Waals surface area contributed by atoms with Crippen LogP contribution in [0.15, 0.2) is 34.7 Å². The molecular formula is C21H29N5O2S2. The van der Waals surface area contributed by atoms with Crippen molar-refractivity contribution in [1.82, 2.24) is 20.4 Å². The average molecular weight is 448 g/mol. The van der Waals surface area contributed by atoms with Gasteiger partial charge in [-0.3, -0.25) is 9.59 Å². The summed E-state index contributed by atoms with van der Waals surface area (Å²) in [7, 11) is 0. The Labute approximate surface area is 186 Å². The highest BCUT2D eigenvalue weighted by molar-refractivity contribution is 8.01. The van der Waals surface area contributed by atoms with Crippen molar-refractivity contribution < 1.29 is 9.59 Å². The van der Waals surface area contributed by atoms with E-state index in [-0.39, 0.29) is 23.8 Å². The molecule has 30 heavy (non-hydrogen) atoms. The topological polar surface area (TPSA) is 78.4 Å². The molecule has 0 bridgehead atoms. The van der Waals surface area contributed by atoms with Crippen LogP contribution in [0.25, 0.3) is 0 Å². The van der Waals surface area contributed by atoms with E-state index in [1.54, 1.807) is 0 Å². The molecule has 1 atom stereocenters. The van der Waals surface area contributed by atoms with E-state index in [9.17, 15) is 9.59 Å². The second kappa shape index (κ2) is 10.8. The number of nitrogens with zero attached hydrogens (tertiary/aromatic N) is 4. The van der Waals surface area contributed by atoms with Crippen LogP contribution < -0.4 is 10.2 Å². The number of hydrogen-bond donors (Lipinski definition) is 1. The molecule has 162 valence electrons. The predicted octanol–water partition coefficient (Wildman–Crippen LogP) is 3.00. The fourth-order valence-electron chi connectivity index (χ4n) is 3.46. The second-order valence-electron chi connectivity index (χ2n) is 7.55. The minimum absolute atomic E-state index is 0.00257. The van der Waals surface area contributed by atoms with Crippen LogP contribution in [0.2, 0.25) is 0 Å². The zero-order valence-corrected chi connectivity index (χ0v) is 19.3. The molecule has 1 aliphatic rings. The molecule has 3 rings (SSSR count). The predicted molar refractivity (Wildman–Crippen MR) is 122 cm³/mol. The average Bonchev–Trinajstić information content (AvgIpc) is 3.22. The molecule has 9 heteroatoms. The number of carbonyl (C=O) groups excluding carboxylic acids is 2. The Kier molecular flexibility index (Phi) is 8.09. The Hall–Kier alpha value is -2.13. The quantitative estimate of drug-likeness (QED) is 0.627. The van der Waals surface area contributed by atoms with E-state index < -0.39 is 0 Å². The molecule has 0 radical (unpaired) electrons. The Morgan fingerprint density at radius 3 is 2.47 bits per heavy atom. The fourth-order valence-corrected chi connectivity index (χ4v) is 5.16. The molecule has 0 spiro atoms. The highest BCUT2D eigenvalue weighted by Crippen LogP contribution is 2.29. The van der Waals surface area contributed by atoms with Crippen molar-refractivity contribution in [3.05, 3.63) is 35.9 Å². The molecule has 1 unspecified atom stereocenters. The number of nitrogens with one attached hydrogen (secondary N) is 1. The number of amides is 2. The van der Waals surface area contributed by atoms with Crippen molar-refractivity contribution in [3.8, 4) is 0 Å². The third-order valence-corrected chi connectivity index (χ3v) is 7.06. The van der Waals surface area contributed by atoms with Gasteiger partial charge in [-0.1, -0.05) is 60.4 Å². The van der Waals surface area contributed by atoms with Gasteiger partial charge in [-0.2, -0.15) is 0 Å². The molecule has 2 amide bonds. The molecule has 2 heterocycles. The van der Waals surface area contributed by atoms with Crippen LogP contribution in [-0.4, -0.2) is 64.9 Å². The maximum absolute atomic E-state index is 13.0. The number of piperazine rings is 1. The lowest BCUT2D eigenvalue weighted by molar-refractivity contribution is -0.133. The molecule has 1 fully saturated rings. The van der Waals surface area contributed by atoms with E-state index >= 15 is 0 Å². The van der Waals surface area contributed by atoms with Gasteiger partial charge in [-0.25, -0.2) is 0 Å². The van der Waals surface area contributed by atoms with Crippen molar-refractivity contribution in [2.75, 3.05) is 36.8 Å². The lowest BCUT2D eigenvalue weighted by atomic mass is 9.95. The largest absolute Gasteiger partial charge is 0.353 e. The first-order valence-corrected chi connectivity index (χ1v) is 12.1. The van der Waals surface area contributed by atoms with Crippen LogP contribution in [0.5, 0.6) is 0 Å². The first-order chi connectivity index (χ1) is 14.5. The van der Waals surface area contributed by atoms with E-state index in [1.165, 1.54) is 23.1 Å². The van der Waals surface area contributed by atoms with Crippen LogP contribution in [0, 0.1) is 0 Å². The Balaban J connectivity index is 1.51. The monoisotopic (exact) mass is 447 g/mol. The van der Waals surface area contributed by atoms with Crippen LogP contribution in [0.1, 0.15) is 38.7 Å². The van der Waals surface area contributed by atoms with Crippen LogP contribution in [-0.2, 0) is 9.59 Å². The number of aromatic nitrogens is 2. The number of rotatable bonds is 8. The third kappa shape index (κ3) is 5.95. The van der Waals surface area contributed by atoms with Crippen molar-refractivity contribution in [2.45, 2.75) is 43.5 Å². The van der Waals surface area contributed by atoms with Gasteiger partial charge in [-0.05, 0) is 25.8 Å². The van der Waals surface area contributed by atoms with E-state index in [1.807, 2.05) is 49.1 Å². The van der Waals surface area contributed by atoms with Gasteiger partial charge in [0.2, 0.25) is 16.9 Å². The van der Waals surface area contributed by atoms with Crippen molar-refractivity contribution >= 4 is 40.0 Å². The van der Waals surface area contributed by atoms with Gasteiger partial charge in [0.25, 0.3) is 0 Å². The van der Waals surface area contributed by atoms with Gasteiger partial charge in [0.1, 0.15) is 0 Å². The molecule has 1 saturated heterocycles. The van der Waals surface area contributed by atoms with Gasteiger partial charge in [0, 0.05) is 32.2 Å². The van der Waals surface area contributed by atoms with Crippen LogP contribution >= 0.6 is 23.1 Å². The third-order valence-electron chi connectivity index (χ3n) is 4.94. The Morgan fingerprint density at radius 2 is 1.83 bits per heavy atom. The molecule has 0 saturated carbocycles. The number of carbonyl (C=O) groups is 2. The molecule has 1 aromatic carbocycles. The fraction of sp³-hybridized carbons (Fsp3) is 0.524. The van der Waals surface area contributed by atoms with E-state index in [2.05, 4.69) is 27.3 Å². The summed E-state index contributed by atoms with van der Waals surface area (Å²) in [6, 6.07) is 10.1. The van der Waals surface area contributed by atoms with Crippen molar-refractivity contribution in [1.29, 1.82) is 0 Å². The molecule has 7 nitrogen and oxygen atoms in total. The summed E-state index contributed by atoms with van der Waals surface area (Å²) in [6.45, 7) is 8.79. The normalized spacial score (nSPS) is 15.3. The molecular weight excluding hydrogens is 418 g/mol. The molecule has 1 aromatic heterocycles. The Bertz CT molecular complexity index is 835. The number of hydrogen-bond acceptors (Lipinski definition) is 7. The maximum atomic E-state index is 13.0. The minimum Gasteiger partial charge on any atom is -0.353 e. The summed E-state index contributed by atoms with van der Waals surface area (Å²) in [5.74, 6) is 0.461. The summed E-state index contributed by atoms with van der Waals surface area (Å²) in [5.41, 5.74) is 1.08. The first-order valence-electron chi connectivity index (χ1n) is 10.3. The van der Waals surface area contributed by atoms with Crippen LogP contribution in [0.3, 0.4) is 0 Å². The number of thioether (sulfide) groups is 1. The van der Waals surface area contributed by atoms with Gasteiger partial charge >= 0.3 is 0 Å². The van der Waals surface area contributed by atoms with Gasteiger partial charge < -0.3 is 15.1 Å². The molecule has 2 aromatic rings. The lowest BCUT2D eigenvalue weighted by Gasteiger charge is -2.36. The molecule has 1 N–H and O–H groups in total. The molecule has 0 aliphatic carbocycles. The second-order valence-corrected chi connectivity index (χ2v) is 9.72. The highest BCUT2D eigenvalue weighted by Gasteiger charge is 2.28. The van der Waals surface area contributed by atoms with Crippen molar-refractivity contribution in [2.24, 2.45) is 0 Å². The summed E-state index contributed by atoms with van der Waals surface area (Å²) in [6.07, 6.45) is 0.796.